The summed E-state index contributed by atoms with van der Waals surface area (Å²) in [5.41, 5.74) is 0. The van der Waals surface area contributed by atoms with Gasteiger partial charge in [-0.2, -0.15) is 0 Å². The minimum Gasteiger partial charge on any atom is -0.377 e. The molecule has 12 nitrogen and oxygen atoms in total. The highest BCUT2D eigenvalue weighted by Gasteiger charge is 2.39. The molecular formula is C36H84O12Si5. The van der Waals surface area contributed by atoms with Crippen molar-refractivity contribution in [3.63, 3.8) is 0 Å². The van der Waals surface area contributed by atoms with E-state index in [0.29, 0.717) is 0 Å². The normalized spacial score (nSPS) is 13.4. The van der Waals surface area contributed by atoms with Gasteiger partial charge in [-0.1, -0.05) is 101 Å². The Morgan fingerprint density at radius 1 is 0.189 bits per heavy atom. The van der Waals surface area contributed by atoms with Crippen molar-refractivity contribution < 1.29 is 53.1 Å². The van der Waals surface area contributed by atoms with Gasteiger partial charge in [-0.25, -0.2) is 0 Å². The molecule has 0 aliphatic rings. The van der Waals surface area contributed by atoms with Crippen LogP contribution in [0.25, 0.3) is 0 Å². The highest BCUT2D eigenvalue weighted by Crippen LogP contribution is 2.36. The lowest BCUT2D eigenvalue weighted by molar-refractivity contribution is 0.122. The fourth-order valence-electron chi connectivity index (χ4n) is 7.75. The van der Waals surface area contributed by atoms with Crippen molar-refractivity contribution in [2.45, 2.75) is 151 Å². The van der Waals surface area contributed by atoms with Crippen molar-refractivity contribution in [3.8, 4) is 0 Å². The van der Waals surface area contributed by atoms with Crippen LogP contribution in [0.1, 0.15) is 103 Å². The zero-order valence-corrected chi connectivity index (χ0v) is 41.4. The molecular weight excluding hydrogens is 765 g/mol. The van der Waals surface area contributed by atoms with Gasteiger partial charge >= 0.3 is 35.2 Å². The van der Waals surface area contributed by atoms with Crippen LogP contribution in [0, 0.1) is 0 Å². The Labute approximate surface area is 331 Å². The molecule has 320 valence electrons. The van der Waals surface area contributed by atoms with Crippen LogP contribution in [0.15, 0.2) is 0 Å². The van der Waals surface area contributed by atoms with Gasteiger partial charge < -0.3 is 53.1 Å². The molecule has 0 unspecified atom stereocenters. The van der Waals surface area contributed by atoms with Crippen LogP contribution in [0.4, 0.5) is 0 Å². The van der Waals surface area contributed by atoms with Crippen LogP contribution >= 0.6 is 0 Å². The van der Waals surface area contributed by atoms with Crippen molar-refractivity contribution in [3.05, 3.63) is 0 Å². The largest absolute Gasteiger partial charge is 0.500 e. The molecule has 0 aromatic rings. The molecule has 0 atom stereocenters. The maximum absolute atomic E-state index is 5.67. The summed E-state index contributed by atoms with van der Waals surface area (Å²) in [6, 6.07) is 9.16. The van der Waals surface area contributed by atoms with Crippen LogP contribution in [0.3, 0.4) is 0 Å². The minimum atomic E-state index is -2.51. The minimum absolute atomic E-state index is 0.872. The molecule has 0 heterocycles. The molecule has 0 rings (SSSR count). The summed E-state index contributed by atoms with van der Waals surface area (Å²) < 4.78 is 68.1. The Hall–Kier alpha value is 0.604. The first-order valence-corrected chi connectivity index (χ1v) is 30.7. The van der Waals surface area contributed by atoms with E-state index in [0.717, 1.165) is 49.9 Å². The predicted octanol–water partition coefficient (Wildman–Crippen LogP) is 9.19. The van der Waals surface area contributed by atoms with Crippen LogP contribution in [-0.4, -0.2) is 129 Å². The van der Waals surface area contributed by atoms with Gasteiger partial charge in [0.15, 0.2) is 0 Å². The first-order chi connectivity index (χ1) is 25.6. The van der Waals surface area contributed by atoms with Crippen molar-refractivity contribution in [2.75, 3.05) is 85.3 Å². The predicted molar refractivity (Wildman–Crippen MR) is 225 cm³/mol. The van der Waals surface area contributed by atoms with Gasteiger partial charge in [0.1, 0.15) is 0 Å². The maximum Gasteiger partial charge on any atom is 0.500 e. The third-order valence-corrected chi connectivity index (χ3v) is 28.5. The maximum atomic E-state index is 5.67. The van der Waals surface area contributed by atoms with Crippen LogP contribution in [-0.2, 0) is 53.1 Å². The van der Waals surface area contributed by atoms with Gasteiger partial charge in [-0.3, -0.25) is 0 Å². The number of unbranched alkanes of at least 4 members (excludes halogenated alkanes) is 12. The quantitative estimate of drug-likeness (QED) is 0.0433. The van der Waals surface area contributed by atoms with Crippen molar-refractivity contribution >= 4 is 43.3 Å². The van der Waals surface area contributed by atoms with E-state index in [1.54, 1.807) is 85.3 Å². The smallest absolute Gasteiger partial charge is 0.377 e. The second kappa shape index (κ2) is 31.6. The molecule has 0 bridgehead atoms. The molecule has 53 heavy (non-hydrogen) atoms. The summed E-state index contributed by atoms with van der Waals surface area (Å²) in [7, 11) is 8.92. The summed E-state index contributed by atoms with van der Waals surface area (Å²) in [5, 5.41) is 0. The number of hydrogen-bond acceptors (Lipinski definition) is 12. The second-order valence-electron chi connectivity index (χ2n) is 14.3. The fraction of sp³-hybridized carbons (Fsp3) is 1.00. The summed E-state index contributed by atoms with van der Waals surface area (Å²) in [5.74, 6) is 0. The standard InChI is InChI=1S/C36H84O12Si5/c1-37-50(38-2,39-3)33-25-17-13-21-29-49(30-22-14-18-26-34-51(40-4,41-5)42-6,31-23-15-19-27-35-52(43-7,44-8)45-9)32-24-16-20-28-36-53(46-10,47-11)48-12/h13-36H2,1-12H3. The van der Waals surface area contributed by atoms with Crippen LogP contribution < -0.4 is 0 Å². The Morgan fingerprint density at radius 2 is 0.321 bits per heavy atom. The highest BCUT2D eigenvalue weighted by molar-refractivity contribution is 6.79. The first-order valence-electron chi connectivity index (χ1n) is 20.2. The van der Waals surface area contributed by atoms with Gasteiger partial charge in [0.25, 0.3) is 0 Å². The first kappa shape index (κ1) is 53.6. The Bertz CT molecular complexity index is 668. The molecule has 0 aromatic carbocycles. The SMILES string of the molecule is CO[Si](CCCCCC[Si](CCCCCC[Si](OC)(OC)OC)(CCCCCC[Si](OC)(OC)OC)CCCCCC[Si](OC)(OC)OC)(OC)OC. The topological polar surface area (TPSA) is 111 Å². The van der Waals surface area contributed by atoms with E-state index in [9.17, 15) is 0 Å². The molecule has 0 saturated heterocycles. The third kappa shape index (κ3) is 20.7. The monoisotopic (exact) mass is 848 g/mol. The molecule has 17 heteroatoms. The van der Waals surface area contributed by atoms with Gasteiger partial charge in [0, 0.05) is 109 Å². The number of hydrogen-bond donors (Lipinski definition) is 0. The summed E-state index contributed by atoms with van der Waals surface area (Å²) in [6.07, 6.45) is 19.3. The van der Waals surface area contributed by atoms with Gasteiger partial charge in [0.2, 0.25) is 0 Å². The van der Waals surface area contributed by atoms with Gasteiger partial charge in [-0.15, -0.1) is 0 Å². The zero-order valence-electron chi connectivity index (χ0n) is 36.4. The lowest BCUT2D eigenvalue weighted by atomic mass is 10.2. The number of rotatable bonds is 40. The van der Waals surface area contributed by atoms with E-state index >= 15 is 0 Å². The van der Waals surface area contributed by atoms with Crippen molar-refractivity contribution in [1.29, 1.82) is 0 Å². The van der Waals surface area contributed by atoms with E-state index in [2.05, 4.69) is 0 Å². The highest BCUT2D eigenvalue weighted by atomic mass is 28.4. The summed E-state index contributed by atoms with van der Waals surface area (Å²) >= 11 is 0. The van der Waals surface area contributed by atoms with Crippen LogP contribution in [0.2, 0.25) is 48.4 Å². The summed E-state index contributed by atoms with van der Waals surface area (Å²) in [4.78, 5) is 0. The average Bonchev–Trinajstić information content (AvgIpc) is 3.21. The lowest BCUT2D eigenvalue weighted by Gasteiger charge is -2.33. The van der Waals surface area contributed by atoms with Gasteiger partial charge in [-0.05, 0) is 25.7 Å². The van der Waals surface area contributed by atoms with Crippen molar-refractivity contribution in [1.82, 2.24) is 0 Å². The molecule has 0 fully saturated rings. The molecule has 0 N–H and O–H groups in total. The lowest BCUT2D eigenvalue weighted by Crippen LogP contribution is -2.42. The average molecular weight is 849 g/mol. The molecule has 0 saturated carbocycles. The summed E-state index contributed by atoms with van der Waals surface area (Å²) in [6.45, 7) is 0. The molecule has 0 spiro atoms. The second-order valence-corrected chi connectivity index (χ2v) is 31.7. The fourth-order valence-corrected chi connectivity index (χ4v) is 20.4. The van der Waals surface area contributed by atoms with E-state index in [4.69, 9.17) is 53.1 Å². The molecule has 0 aliphatic heterocycles. The molecule has 0 amide bonds. The van der Waals surface area contributed by atoms with Crippen molar-refractivity contribution in [2.24, 2.45) is 0 Å². The molecule has 0 aromatic heterocycles. The Balaban J connectivity index is 5.62. The Morgan fingerprint density at radius 3 is 0.453 bits per heavy atom. The van der Waals surface area contributed by atoms with Crippen LogP contribution in [0.5, 0.6) is 0 Å². The molecule has 0 radical (unpaired) electrons. The van der Waals surface area contributed by atoms with E-state index in [-0.39, 0.29) is 0 Å². The third-order valence-electron chi connectivity index (χ3n) is 11.5. The van der Waals surface area contributed by atoms with E-state index in [1.807, 2.05) is 0 Å². The van der Waals surface area contributed by atoms with Gasteiger partial charge in [0.05, 0.1) is 8.07 Å². The molecule has 0 aliphatic carbocycles. The van der Waals surface area contributed by atoms with E-state index in [1.165, 1.54) is 101 Å². The Kier molecular flexibility index (Phi) is 31.9. The zero-order chi connectivity index (χ0) is 40.0. The van der Waals surface area contributed by atoms with E-state index < -0.39 is 43.3 Å².